The summed E-state index contributed by atoms with van der Waals surface area (Å²) in [5, 5.41) is 14.4. The van der Waals surface area contributed by atoms with Crippen molar-refractivity contribution in [2.75, 3.05) is 44.9 Å². The van der Waals surface area contributed by atoms with E-state index in [0.717, 1.165) is 11.3 Å². The van der Waals surface area contributed by atoms with Gasteiger partial charge in [0.05, 0.1) is 52.0 Å². The average molecular weight is 508 g/mol. The van der Waals surface area contributed by atoms with Crippen molar-refractivity contribution < 1.29 is 33.3 Å². The molecule has 2 aromatic rings. The second kappa shape index (κ2) is 16.1. The van der Waals surface area contributed by atoms with E-state index in [9.17, 15) is 14.2 Å². The number of hydrogen-bond acceptors (Lipinski definition) is 7. The third kappa shape index (κ3) is 12.6. The lowest BCUT2D eigenvalue weighted by atomic mass is 10.2. The van der Waals surface area contributed by atoms with E-state index in [4.69, 9.17) is 19.1 Å². The van der Waals surface area contributed by atoms with Gasteiger partial charge in [-0.25, -0.2) is 5.09 Å². The van der Waals surface area contributed by atoms with Gasteiger partial charge in [-0.1, -0.05) is 18.2 Å². The first-order chi connectivity index (χ1) is 16.9. The Kier molecular flexibility index (Phi) is 13.2. The molecule has 3 N–H and O–H groups in total. The fourth-order valence-electron chi connectivity index (χ4n) is 3.06. The van der Waals surface area contributed by atoms with E-state index in [-0.39, 0.29) is 51.3 Å². The largest absolute Gasteiger partial charge is 0.481 e. The standard InChI is InChI=1S/C24H34N3O7P/c1-2-34-35(31,26-14-10-21-5-3-4-13-25-21)19-20-6-8-22(9-7-20)27-23(28)11-15-32-17-18-33-16-12-24(29)30/h3-9,13H,2,10-12,14-19H2,1H3,(H,26,31)(H,27,28)(H,29,30). The van der Waals surface area contributed by atoms with Crippen LogP contribution in [0.25, 0.3) is 0 Å². The van der Waals surface area contributed by atoms with E-state index < -0.39 is 13.5 Å². The first-order valence-electron chi connectivity index (χ1n) is 11.5. The van der Waals surface area contributed by atoms with Crippen LogP contribution in [-0.2, 0) is 40.7 Å². The average Bonchev–Trinajstić information content (AvgIpc) is 2.82. The number of benzene rings is 1. The molecule has 0 fully saturated rings. The smallest absolute Gasteiger partial charge is 0.305 e. The Hall–Kier alpha value is -2.62. The van der Waals surface area contributed by atoms with Crippen molar-refractivity contribution in [2.24, 2.45) is 0 Å². The summed E-state index contributed by atoms with van der Waals surface area (Å²) in [6.07, 6.45) is 2.74. The summed E-state index contributed by atoms with van der Waals surface area (Å²) >= 11 is 0. The van der Waals surface area contributed by atoms with E-state index >= 15 is 0 Å². The Bertz CT molecular complexity index is 942. The number of carbonyl (C=O) groups excluding carboxylic acids is 1. The summed E-state index contributed by atoms with van der Waals surface area (Å²) in [6.45, 7) is 3.56. The number of pyridine rings is 1. The second-order valence-electron chi connectivity index (χ2n) is 7.59. The highest BCUT2D eigenvalue weighted by Gasteiger charge is 2.22. The number of aromatic nitrogens is 1. The minimum absolute atomic E-state index is 0.0487. The number of nitrogens with zero attached hydrogens (tertiary/aromatic N) is 1. The third-order valence-corrected chi connectivity index (χ3v) is 6.89. The molecule has 0 aliphatic rings. The number of carbonyl (C=O) groups is 2. The van der Waals surface area contributed by atoms with Crippen LogP contribution in [0.1, 0.15) is 31.0 Å². The fourth-order valence-corrected chi connectivity index (χ4v) is 4.92. The molecule has 0 saturated heterocycles. The molecule has 192 valence electrons. The van der Waals surface area contributed by atoms with Gasteiger partial charge in [-0.05, 0) is 36.8 Å². The number of hydrogen-bond donors (Lipinski definition) is 3. The molecule has 1 heterocycles. The highest BCUT2D eigenvalue weighted by Crippen LogP contribution is 2.45. The SMILES string of the molecule is CCOP(=O)(Cc1ccc(NC(=O)CCOCCOCCC(=O)O)cc1)NCCc1ccccn1. The van der Waals surface area contributed by atoms with Crippen molar-refractivity contribution in [3.8, 4) is 0 Å². The van der Waals surface area contributed by atoms with Gasteiger partial charge >= 0.3 is 5.97 Å². The van der Waals surface area contributed by atoms with Crippen LogP contribution in [0.5, 0.6) is 0 Å². The molecule has 11 heteroatoms. The first-order valence-corrected chi connectivity index (χ1v) is 13.4. The molecule has 35 heavy (non-hydrogen) atoms. The Morgan fingerprint density at radius 1 is 1.00 bits per heavy atom. The second-order valence-corrected chi connectivity index (χ2v) is 9.83. The highest BCUT2D eigenvalue weighted by molar-refractivity contribution is 7.56. The number of nitrogens with one attached hydrogen (secondary N) is 2. The lowest BCUT2D eigenvalue weighted by molar-refractivity contribution is -0.138. The summed E-state index contributed by atoms with van der Waals surface area (Å²) < 4.78 is 29.2. The van der Waals surface area contributed by atoms with Gasteiger partial charge in [-0.3, -0.25) is 19.1 Å². The quantitative estimate of drug-likeness (QED) is 0.205. The number of carboxylic acid groups (broad SMARTS) is 1. The number of ether oxygens (including phenoxy) is 2. The van der Waals surface area contributed by atoms with Crippen molar-refractivity contribution >= 4 is 25.1 Å². The Balaban J connectivity index is 1.71. The van der Waals surface area contributed by atoms with Gasteiger partial charge in [-0.15, -0.1) is 0 Å². The lowest BCUT2D eigenvalue weighted by Crippen LogP contribution is -2.18. The van der Waals surface area contributed by atoms with E-state index in [0.29, 0.717) is 25.3 Å². The van der Waals surface area contributed by atoms with Gasteiger partial charge in [0.15, 0.2) is 0 Å². The van der Waals surface area contributed by atoms with Crippen molar-refractivity contribution in [1.82, 2.24) is 10.1 Å². The lowest BCUT2D eigenvalue weighted by Gasteiger charge is -2.19. The van der Waals surface area contributed by atoms with Crippen molar-refractivity contribution in [3.63, 3.8) is 0 Å². The summed E-state index contributed by atoms with van der Waals surface area (Å²) in [4.78, 5) is 26.7. The predicted molar refractivity (Wildman–Crippen MR) is 132 cm³/mol. The molecule has 0 radical (unpaired) electrons. The zero-order chi connectivity index (χ0) is 25.4. The van der Waals surface area contributed by atoms with E-state index in [1.54, 1.807) is 18.3 Å². The van der Waals surface area contributed by atoms with E-state index in [1.165, 1.54) is 0 Å². The van der Waals surface area contributed by atoms with Crippen LogP contribution in [0.2, 0.25) is 0 Å². The number of carboxylic acids is 1. The van der Waals surface area contributed by atoms with Crippen LogP contribution in [0.3, 0.4) is 0 Å². The van der Waals surface area contributed by atoms with Gasteiger partial charge in [0.25, 0.3) is 7.52 Å². The maximum Gasteiger partial charge on any atom is 0.305 e. The van der Waals surface area contributed by atoms with Crippen LogP contribution in [-0.4, -0.2) is 61.5 Å². The minimum atomic E-state index is -3.08. The van der Waals surface area contributed by atoms with Gasteiger partial charge in [0, 0.05) is 30.5 Å². The summed E-state index contributed by atoms with van der Waals surface area (Å²) in [6, 6.07) is 12.8. The summed E-state index contributed by atoms with van der Waals surface area (Å²) in [5.74, 6) is -1.10. The van der Waals surface area contributed by atoms with Crippen LogP contribution in [0, 0.1) is 0 Å². The third-order valence-electron chi connectivity index (χ3n) is 4.73. The summed E-state index contributed by atoms with van der Waals surface area (Å²) in [5.41, 5.74) is 2.37. The van der Waals surface area contributed by atoms with Crippen LogP contribution >= 0.6 is 7.52 Å². The predicted octanol–water partition coefficient (Wildman–Crippen LogP) is 3.48. The van der Waals surface area contributed by atoms with Crippen LogP contribution in [0.15, 0.2) is 48.7 Å². The topological polar surface area (TPSA) is 136 Å². The zero-order valence-electron chi connectivity index (χ0n) is 20.0. The molecule has 0 aliphatic heterocycles. The Morgan fingerprint density at radius 3 is 2.34 bits per heavy atom. The maximum atomic E-state index is 13.2. The molecular weight excluding hydrogens is 473 g/mol. The molecule has 1 unspecified atom stereocenters. The van der Waals surface area contributed by atoms with Crippen molar-refractivity contribution in [2.45, 2.75) is 32.3 Å². The van der Waals surface area contributed by atoms with Gasteiger partial charge in [0.2, 0.25) is 5.91 Å². The molecule has 2 rings (SSSR count). The van der Waals surface area contributed by atoms with Gasteiger partial charge < -0.3 is 24.4 Å². The van der Waals surface area contributed by atoms with Crippen LogP contribution in [0.4, 0.5) is 5.69 Å². The maximum absolute atomic E-state index is 13.2. The summed E-state index contributed by atoms with van der Waals surface area (Å²) in [7, 11) is -3.08. The fraction of sp³-hybridized carbons (Fsp3) is 0.458. The van der Waals surface area contributed by atoms with E-state index in [2.05, 4.69) is 15.4 Å². The molecule has 1 atom stereocenters. The number of aliphatic carboxylic acids is 1. The van der Waals surface area contributed by atoms with Crippen molar-refractivity contribution in [3.05, 3.63) is 59.9 Å². The van der Waals surface area contributed by atoms with Gasteiger partial charge in [-0.2, -0.15) is 0 Å². The molecule has 0 spiro atoms. The zero-order valence-corrected chi connectivity index (χ0v) is 20.9. The minimum Gasteiger partial charge on any atom is -0.481 e. The number of anilines is 1. The molecule has 1 aromatic heterocycles. The van der Waals surface area contributed by atoms with Gasteiger partial charge in [0.1, 0.15) is 0 Å². The van der Waals surface area contributed by atoms with E-state index in [1.807, 2.05) is 37.3 Å². The molecular formula is C24H34N3O7P. The molecule has 1 aromatic carbocycles. The molecule has 0 bridgehead atoms. The molecule has 0 saturated carbocycles. The monoisotopic (exact) mass is 507 g/mol. The normalized spacial score (nSPS) is 12.7. The first kappa shape index (κ1) is 28.6. The van der Waals surface area contributed by atoms with Crippen LogP contribution < -0.4 is 10.4 Å². The number of amides is 1. The van der Waals surface area contributed by atoms with Crippen molar-refractivity contribution in [1.29, 1.82) is 0 Å². The highest BCUT2D eigenvalue weighted by atomic mass is 31.2. The molecule has 10 nitrogen and oxygen atoms in total. The number of rotatable bonds is 18. The molecule has 0 aliphatic carbocycles. The Morgan fingerprint density at radius 2 is 1.71 bits per heavy atom. The molecule has 1 amide bonds. The Labute approximate surface area is 205 Å².